The van der Waals surface area contributed by atoms with Gasteiger partial charge in [-0.1, -0.05) is 6.07 Å². The normalized spacial score (nSPS) is 23.2. The van der Waals surface area contributed by atoms with Crippen LogP contribution >= 0.6 is 11.3 Å². The van der Waals surface area contributed by atoms with Crippen molar-refractivity contribution in [3.8, 4) is 0 Å². The van der Waals surface area contributed by atoms with Gasteiger partial charge in [0.15, 0.2) is 0 Å². The third-order valence-electron chi connectivity index (χ3n) is 4.45. The van der Waals surface area contributed by atoms with E-state index in [1.165, 1.54) is 4.88 Å². The standard InChI is InChI=1S/C16H24N4O2S/c21-15-14(5-1-2-6-17-15)18-16(22)20-9-7-19(8-10-20)12-13-4-3-11-23-13/h3-4,11,14H,1-2,5-10,12H2,(H,17,21)(H,18,22). The van der Waals surface area contributed by atoms with Crippen molar-refractivity contribution in [2.24, 2.45) is 0 Å². The van der Waals surface area contributed by atoms with Crippen LogP contribution in [0.1, 0.15) is 24.1 Å². The number of piperazine rings is 1. The van der Waals surface area contributed by atoms with Crippen molar-refractivity contribution in [3.05, 3.63) is 22.4 Å². The van der Waals surface area contributed by atoms with Crippen LogP contribution in [0.5, 0.6) is 0 Å². The summed E-state index contributed by atoms with van der Waals surface area (Å²) < 4.78 is 0. The quantitative estimate of drug-likeness (QED) is 0.873. The van der Waals surface area contributed by atoms with E-state index in [4.69, 9.17) is 0 Å². The molecule has 2 saturated heterocycles. The van der Waals surface area contributed by atoms with Gasteiger partial charge >= 0.3 is 6.03 Å². The molecule has 0 aromatic carbocycles. The molecular weight excluding hydrogens is 312 g/mol. The molecule has 126 valence electrons. The highest BCUT2D eigenvalue weighted by molar-refractivity contribution is 7.09. The smallest absolute Gasteiger partial charge is 0.318 e. The molecule has 0 spiro atoms. The van der Waals surface area contributed by atoms with E-state index in [9.17, 15) is 9.59 Å². The van der Waals surface area contributed by atoms with E-state index < -0.39 is 0 Å². The highest BCUT2D eigenvalue weighted by Crippen LogP contribution is 2.14. The first kappa shape index (κ1) is 16.3. The second-order valence-corrected chi connectivity index (χ2v) is 7.16. The monoisotopic (exact) mass is 336 g/mol. The molecule has 2 aliphatic rings. The first-order valence-corrected chi connectivity index (χ1v) is 9.18. The van der Waals surface area contributed by atoms with Crippen molar-refractivity contribution in [2.75, 3.05) is 32.7 Å². The molecule has 7 heteroatoms. The zero-order chi connectivity index (χ0) is 16.1. The largest absolute Gasteiger partial charge is 0.354 e. The average Bonchev–Trinajstić information content (AvgIpc) is 2.98. The van der Waals surface area contributed by atoms with Gasteiger partial charge in [0.25, 0.3) is 0 Å². The Morgan fingerprint density at radius 2 is 2.13 bits per heavy atom. The van der Waals surface area contributed by atoms with Crippen molar-refractivity contribution < 1.29 is 9.59 Å². The molecule has 3 rings (SSSR count). The molecule has 1 aromatic rings. The maximum absolute atomic E-state index is 12.4. The fourth-order valence-electron chi connectivity index (χ4n) is 3.05. The number of amides is 3. The van der Waals surface area contributed by atoms with Gasteiger partial charge in [-0.05, 0) is 30.7 Å². The Balaban J connectivity index is 1.45. The molecule has 3 heterocycles. The fourth-order valence-corrected chi connectivity index (χ4v) is 3.80. The summed E-state index contributed by atoms with van der Waals surface area (Å²) in [7, 11) is 0. The maximum Gasteiger partial charge on any atom is 0.318 e. The number of nitrogens with zero attached hydrogens (tertiary/aromatic N) is 2. The predicted octanol–water partition coefficient (Wildman–Crippen LogP) is 1.24. The molecule has 2 N–H and O–H groups in total. The summed E-state index contributed by atoms with van der Waals surface area (Å²) in [5.41, 5.74) is 0. The molecule has 0 radical (unpaired) electrons. The third kappa shape index (κ3) is 4.45. The molecule has 6 nitrogen and oxygen atoms in total. The van der Waals surface area contributed by atoms with Gasteiger partial charge < -0.3 is 15.5 Å². The Labute approximate surface area is 140 Å². The molecule has 1 unspecified atom stereocenters. The van der Waals surface area contributed by atoms with Crippen LogP contribution in [0, 0.1) is 0 Å². The number of thiophene rings is 1. The predicted molar refractivity (Wildman–Crippen MR) is 90.3 cm³/mol. The van der Waals surface area contributed by atoms with E-state index in [2.05, 4.69) is 33.0 Å². The molecule has 3 amide bonds. The lowest BCUT2D eigenvalue weighted by Gasteiger charge is -2.35. The lowest BCUT2D eigenvalue weighted by molar-refractivity contribution is -0.122. The van der Waals surface area contributed by atoms with Crippen molar-refractivity contribution in [3.63, 3.8) is 0 Å². The third-order valence-corrected chi connectivity index (χ3v) is 5.31. The van der Waals surface area contributed by atoms with Crippen molar-refractivity contribution >= 4 is 23.3 Å². The van der Waals surface area contributed by atoms with Crippen molar-refractivity contribution in [1.29, 1.82) is 0 Å². The van der Waals surface area contributed by atoms with E-state index in [1.807, 2.05) is 4.90 Å². The van der Waals surface area contributed by atoms with Gasteiger partial charge in [-0.25, -0.2) is 4.79 Å². The van der Waals surface area contributed by atoms with E-state index >= 15 is 0 Å². The second kappa shape index (κ2) is 7.79. The number of hydrogen-bond acceptors (Lipinski definition) is 4. The second-order valence-electron chi connectivity index (χ2n) is 6.13. The highest BCUT2D eigenvalue weighted by atomic mass is 32.1. The van der Waals surface area contributed by atoms with Gasteiger partial charge in [0.2, 0.25) is 5.91 Å². The zero-order valence-electron chi connectivity index (χ0n) is 13.3. The van der Waals surface area contributed by atoms with Crippen LogP contribution < -0.4 is 10.6 Å². The Kier molecular flexibility index (Phi) is 5.51. The van der Waals surface area contributed by atoms with Crippen LogP contribution in [0.4, 0.5) is 4.79 Å². The zero-order valence-corrected chi connectivity index (χ0v) is 14.1. The first-order chi connectivity index (χ1) is 11.2. The SMILES string of the molecule is O=C1NCCCCC1NC(=O)N1CCN(Cc2cccs2)CC1. The summed E-state index contributed by atoms with van der Waals surface area (Å²) in [6.45, 7) is 4.85. The molecular formula is C16H24N4O2S. The highest BCUT2D eigenvalue weighted by Gasteiger charge is 2.26. The minimum Gasteiger partial charge on any atom is -0.354 e. The molecule has 0 saturated carbocycles. The molecule has 2 fully saturated rings. The lowest BCUT2D eigenvalue weighted by atomic mass is 10.1. The lowest BCUT2D eigenvalue weighted by Crippen LogP contribution is -2.55. The van der Waals surface area contributed by atoms with E-state index in [1.54, 1.807) is 11.3 Å². The molecule has 1 aromatic heterocycles. The number of nitrogens with one attached hydrogen (secondary N) is 2. The Morgan fingerprint density at radius 3 is 2.87 bits per heavy atom. The van der Waals surface area contributed by atoms with Gasteiger partial charge in [0, 0.05) is 44.1 Å². The van der Waals surface area contributed by atoms with Gasteiger partial charge in [0.1, 0.15) is 6.04 Å². The summed E-state index contributed by atoms with van der Waals surface area (Å²) in [5.74, 6) is -0.0489. The maximum atomic E-state index is 12.4. The first-order valence-electron chi connectivity index (χ1n) is 8.30. The number of urea groups is 1. The summed E-state index contributed by atoms with van der Waals surface area (Å²) in [6.07, 6.45) is 2.69. The van der Waals surface area contributed by atoms with Crippen molar-refractivity contribution in [2.45, 2.75) is 31.8 Å². The molecule has 1 atom stereocenters. The van der Waals surface area contributed by atoms with Crippen LogP contribution in [0.3, 0.4) is 0 Å². The van der Waals surface area contributed by atoms with Gasteiger partial charge in [-0.3, -0.25) is 9.69 Å². The summed E-state index contributed by atoms with van der Waals surface area (Å²) in [6, 6.07) is 3.73. The number of hydrogen-bond donors (Lipinski definition) is 2. The summed E-state index contributed by atoms with van der Waals surface area (Å²) in [4.78, 5) is 29.8. The van der Waals surface area contributed by atoms with E-state index in [0.717, 1.165) is 38.9 Å². The van der Waals surface area contributed by atoms with Gasteiger partial charge in [-0.2, -0.15) is 0 Å². The minimum atomic E-state index is -0.380. The van der Waals surface area contributed by atoms with Crippen LogP contribution in [0.15, 0.2) is 17.5 Å². The van der Waals surface area contributed by atoms with Crippen LogP contribution in [-0.4, -0.2) is 60.5 Å². The number of carbonyl (C=O) groups excluding carboxylic acids is 2. The van der Waals surface area contributed by atoms with E-state index in [-0.39, 0.29) is 18.0 Å². The van der Waals surface area contributed by atoms with Gasteiger partial charge in [0.05, 0.1) is 0 Å². The molecule has 2 aliphatic heterocycles. The average molecular weight is 336 g/mol. The van der Waals surface area contributed by atoms with E-state index in [0.29, 0.717) is 19.6 Å². The Bertz CT molecular complexity index is 526. The summed E-state index contributed by atoms with van der Waals surface area (Å²) in [5, 5.41) is 7.85. The van der Waals surface area contributed by atoms with Crippen molar-refractivity contribution in [1.82, 2.24) is 20.4 Å². The molecule has 0 bridgehead atoms. The molecule has 0 aliphatic carbocycles. The summed E-state index contributed by atoms with van der Waals surface area (Å²) >= 11 is 1.77. The Hall–Kier alpha value is -1.60. The number of rotatable bonds is 3. The van der Waals surface area contributed by atoms with Crippen LogP contribution in [0.25, 0.3) is 0 Å². The molecule has 23 heavy (non-hydrogen) atoms. The van der Waals surface area contributed by atoms with Crippen LogP contribution in [-0.2, 0) is 11.3 Å². The van der Waals surface area contributed by atoms with Gasteiger partial charge in [-0.15, -0.1) is 11.3 Å². The number of carbonyl (C=O) groups is 2. The Morgan fingerprint density at radius 1 is 1.30 bits per heavy atom. The topological polar surface area (TPSA) is 64.7 Å². The fraction of sp³-hybridized carbons (Fsp3) is 0.625. The van der Waals surface area contributed by atoms with Crippen LogP contribution in [0.2, 0.25) is 0 Å². The minimum absolute atomic E-state index is 0.0489.